The maximum Gasteiger partial charge on any atom is 0.315 e. The summed E-state index contributed by atoms with van der Waals surface area (Å²) in [6, 6.07) is 0. The van der Waals surface area contributed by atoms with Crippen molar-refractivity contribution in [3.05, 3.63) is 0 Å². The second kappa shape index (κ2) is 5.16. The molecule has 0 aromatic rings. The summed E-state index contributed by atoms with van der Waals surface area (Å²) in [7, 11) is 1.40. The smallest absolute Gasteiger partial charge is 0.315 e. The molecule has 0 saturated carbocycles. The molecule has 0 bridgehead atoms. The van der Waals surface area contributed by atoms with Crippen molar-refractivity contribution in [3.63, 3.8) is 0 Å². The Morgan fingerprint density at radius 1 is 1.41 bits per heavy atom. The highest BCUT2D eigenvalue weighted by atomic mass is 32.2. The summed E-state index contributed by atoms with van der Waals surface area (Å²) in [6.07, 6.45) is 3.08. The lowest BCUT2D eigenvalue weighted by atomic mass is 9.67. The monoisotopic (exact) mass is 260 g/mol. The molecule has 2 atom stereocenters. The Kier molecular flexibility index (Phi) is 4.00. The number of rotatable bonds is 2. The largest absolute Gasteiger partial charge is 0.468 e. The van der Waals surface area contributed by atoms with Crippen LogP contribution < -0.4 is 0 Å². The van der Waals surface area contributed by atoms with Gasteiger partial charge < -0.3 is 14.6 Å². The highest BCUT2D eigenvalue weighted by Crippen LogP contribution is 2.47. The molecular weight excluding hydrogens is 240 g/mol. The molecule has 0 aromatic carbocycles. The van der Waals surface area contributed by atoms with Crippen molar-refractivity contribution in [2.45, 2.75) is 31.3 Å². The number of methoxy groups -OCH3 is 1. The van der Waals surface area contributed by atoms with Crippen LogP contribution in [0.15, 0.2) is 0 Å². The van der Waals surface area contributed by atoms with E-state index in [4.69, 9.17) is 9.47 Å². The van der Waals surface area contributed by atoms with Crippen LogP contribution in [0.2, 0.25) is 0 Å². The lowest BCUT2D eigenvalue weighted by Crippen LogP contribution is -2.60. The molecular formula is C12H20O4S. The molecule has 0 aliphatic carbocycles. The van der Waals surface area contributed by atoms with Gasteiger partial charge in [-0.05, 0) is 31.4 Å². The van der Waals surface area contributed by atoms with Gasteiger partial charge in [-0.2, -0.15) is 11.8 Å². The van der Waals surface area contributed by atoms with Gasteiger partial charge in [0.15, 0.2) is 0 Å². The van der Waals surface area contributed by atoms with E-state index in [1.54, 1.807) is 11.8 Å². The van der Waals surface area contributed by atoms with E-state index in [-0.39, 0.29) is 12.6 Å². The molecule has 1 N–H and O–H groups in total. The molecule has 98 valence electrons. The third-order valence-electron chi connectivity index (χ3n) is 3.93. The van der Waals surface area contributed by atoms with Crippen LogP contribution >= 0.6 is 11.8 Å². The number of carbonyl (C=O) groups excluding carboxylic acids is 1. The fourth-order valence-electron chi connectivity index (χ4n) is 2.87. The van der Waals surface area contributed by atoms with Crippen molar-refractivity contribution in [1.82, 2.24) is 0 Å². The first kappa shape index (κ1) is 13.2. The SMILES string of the molecule is COC(=O)C1(C2(O)CCCOC2)CCCSC1. The summed E-state index contributed by atoms with van der Waals surface area (Å²) in [5.74, 6) is 1.41. The highest BCUT2D eigenvalue weighted by Gasteiger charge is 2.57. The topological polar surface area (TPSA) is 55.8 Å². The first-order chi connectivity index (χ1) is 8.15. The molecule has 5 heteroatoms. The molecule has 17 heavy (non-hydrogen) atoms. The van der Waals surface area contributed by atoms with E-state index in [0.29, 0.717) is 25.2 Å². The zero-order chi connectivity index (χ0) is 12.4. The van der Waals surface area contributed by atoms with E-state index in [9.17, 15) is 9.90 Å². The van der Waals surface area contributed by atoms with E-state index in [1.807, 2.05) is 0 Å². The fraction of sp³-hybridized carbons (Fsp3) is 0.917. The van der Waals surface area contributed by atoms with Crippen LogP contribution in [-0.4, -0.2) is 48.5 Å². The fourth-order valence-corrected chi connectivity index (χ4v) is 4.24. The van der Waals surface area contributed by atoms with Gasteiger partial charge in [0.2, 0.25) is 0 Å². The molecule has 2 aliphatic heterocycles. The van der Waals surface area contributed by atoms with Gasteiger partial charge >= 0.3 is 5.97 Å². The summed E-state index contributed by atoms with van der Waals surface area (Å²) in [6.45, 7) is 0.926. The molecule has 2 rings (SSSR count). The normalized spacial score (nSPS) is 38.7. The Morgan fingerprint density at radius 2 is 2.24 bits per heavy atom. The summed E-state index contributed by atoms with van der Waals surface area (Å²) in [5.41, 5.74) is -1.82. The standard InChI is InChI=1S/C12H20O4S/c1-15-10(13)11(4-3-7-17-9-11)12(14)5-2-6-16-8-12/h14H,2-9H2,1H3. The van der Waals surface area contributed by atoms with Crippen LogP contribution in [0.1, 0.15) is 25.7 Å². The molecule has 2 aliphatic rings. The van der Waals surface area contributed by atoms with Gasteiger partial charge in [-0.3, -0.25) is 4.79 Å². The number of ether oxygens (including phenoxy) is 2. The first-order valence-electron chi connectivity index (χ1n) is 6.11. The number of hydrogen-bond donors (Lipinski definition) is 1. The van der Waals surface area contributed by atoms with Gasteiger partial charge in [0.25, 0.3) is 0 Å². The number of carbonyl (C=O) groups is 1. The summed E-state index contributed by atoms with van der Waals surface area (Å²) in [4.78, 5) is 12.1. The lowest BCUT2D eigenvalue weighted by molar-refractivity contribution is -0.191. The maximum atomic E-state index is 12.1. The van der Waals surface area contributed by atoms with E-state index in [2.05, 4.69) is 0 Å². The van der Waals surface area contributed by atoms with Gasteiger partial charge in [0, 0.05) is 12.4 Å². The molecule has 4 nitrogen and oxygen atoms in total. The van der Waals surface area contributed by atoms with E-state index in [1.165, 1.54) is 7.11 Å². The van der Waals surface area contributed by atoms with Crippen molar-refractivity contribution in [1.29, 1.82) is 0 Å². The van der Waals surface area contributed by atoms with Gasteiger partial charge in [0.1, 0.15) is 11.0 Å². The zero-order valence-corrected chi connectivity index (χ0v) is 11.1. The third kappa shape index (κ3) is 2.20. The quantitative estimate of drug-likeness (QED) is 0.756. The molecule has 2 fully saturated rings. The van der Waals surface area contributed by atoms with Crippen LogP contribution in [0, 0.1) is 5.41 Å². The summed E-state index contributed by atoms with van der Waals surface area (Å²) >= 11 is 1.72. The van der Waals surface area contributed by atoms with E-state index in [0.717, 1.165) is 18.6 Å². The minimum Gasteiger partial charge on any atom is -0.468 e. The predicted octanol–water partition coefficient (Wildman–Crippen LogP) is 1.21. The van der Waals surface area contributed by atoms with Crippen molar-refractivity contribution in [2.24, 2.45) is 5.41 Å². The van der Waals surface area contributed by atoms with Gasteiger partial charge in [-0.15, -0.1) is 0 Å². The van der Waals surface area contributed by atoms with Gasteiger partial charge in [-0.1, -0.05) is 0 Å². The molecule has 2 unspecified atom stereocenters. The molecule has 0 aromatic heterocycles. The molecule has 0 spiro atoms. The minimum absolute atomic E-state index is 0.253. The van der Waals surface area contributed by atoms with Crippen molar-refractivity contribution in [2.75, 3.05) is 31.8 Å². The Hall–Kier alpha value is -0.260. The van der Waals surface area contributed by atoms with Crippen LogP contribution in [0.4, 0.5) is 0 Å². The molecule has 0 amide bonds. The number of aliphatic hydroxyl groups is 1. The van der Waals surface area contributed by atoms with Crippen molar-refractivity contribution < 1.29 is 19.4 Å². The van der Waals surface area contributed by atoms with Crippen molar-refractivity contribution >= 4 is 17.7 Å². The Balaban J connectivity index is 2.27. The van der Waals surface area contributed by atoms with Gasteiger partial charge in [0.05, 0.1) is 13.7 Å². The van der Waals surface area contributed by atoms with Gasteiger partial charge in [-0.25, -0.2) is 0 Å². The Morgan fingerprint density at radius 3 is 2.76 bits per heavy atom. The van der Waals surface area contributed by atoms with E-state index >= 15 is 0 Å². The average Bonchev–Trinajstić information content (AvgIpc) is 2.39. The summed E-state index contributed by atoms with van der Waals surface area (Å²) in [5, 5.41) is 10.8. The summed E-state index contributed by atoms with van der Waals surface area (Å²) < 4.78 is 10.3. The molecule has 2 saturated heterocycles. The lowest BCUT2D eigenvalue weighted by Gasteiger charge is -2.48. The molecule has 0 radical (unpaired) electrons. The Labute approximate surface area is 106 Å². The van der Waals surface area contributed by atoms with Crippen LogP contribution in [0.25, 0.3) is 0 Å². The number of thioether (sulfide) groups is 1. The van der Waals surface area contributed by atoms with E-state index < -0.39 is 11.0 Å². The van der Waals surface area contributed by atoms with Crippen molar-refractivity contribution in [3.8, 4) is 0 Å². The van der Waals surface area contributed by atoms with Crippen LogP contribution in [0.3, 0.4) is 0 Å². The zero-order valence-electron chi connectivity index (χ0n) is 10.2. The third-order valence-corrected chi connectivity index (χ3v) is 5.20. The highest BCUT2D eigenvalue weighted by molar-refractivity contribution is 7.99. The maximum absolute atomic E-state index is 12.1. The Bertz CT molecular complexity index is 280. The van der Waals surface area contributed by atoms with Crippen LogP contribution in [-0.2, 0) is 14.3 Å². The average molecular weight is 260 g/mol. The second-order valence-electron chi connectivity index (χ2n) is 4.92. The predicted molar refractivity (Wildman–Crippen MR) is 66.0 cm³/mol. The first-order valence-corrected chi connectivity index (χ1v) is 7.26. The number of esters is 1. The molecule has 2 heterocycles. The number of hydrogen-bond acceptors (Lipinski definition) is 5. The minimum atomic E-state index is -1.05. The van der Waals surface area contributed by atoms with Crippen LogP contribution in [0.5, 0.6) is 0 Å². The second-order valence-corrected chi connectivity index (χ2v) is 6.02.